The van der Waals surface area contributed by atoms with Gasteiger partial charge in [-0.1, -0.05) is 13.8 Å². The Hall–Kier alpha value is -2.50. The Bertz CT molecular complexity index is 802. The maximum atomic E-state index is 9.82. The van der Waals surface area contributed by atoms with E-state index in [1.165, 1.54) is 0 Å². The van der Waals surface area contributed by atoms with Crippen LogP contribution < -0.4 is 4.74 Å². The molecule has 0 radical (unpaired) electrons. The maximum absolute atomic E-state index is 9.82. The van der Waals surface area contributed by atoms with Crippen LogP contribution in [0.25, 0.3) is 22.6 Å². The molecule has 0 atom stereocenters. The number of nitrogens with zero attached hydrogens (tertiary/aromatic N) is 3. The maximum Gasteiger partial charge on any atom is 0.177 e. The lowest BCUT2D eigenvalue weighted by Crippen LogP contribution is -2.08. The lowest BCUT2D eigenvalue weighted by molar-refractivity contribution is 0.318. The van der Waals surface area contributed by atoms with Gasteiger partial charge >= 0.3 is 0 Å². The molecular weight excluding hydrogens is 292 g/mol. The van der Waals surface area contributed by atoms with Gasteiger partial charge in [-0.3, -0.25) is 0 Å². The van der Waals surface area contributed by atoms with E-state index in [0.717, 1.165) is 35.4 Å². The first-order valence-corrected chi connectivity index (χ1v) is 8.07. The molecule has 0 unspecified atom stereocenters. The summed E-state index contributed by atoms with van der Waals surface area (Å²) >= 11 is 0. The smallest absolute Gasteiger partial charge is 0.177 e. The van der Waals surface area contributed by atoms with E-state index in [1.807, 2.05) is 23.9 Å². The number of ether oxygens (including phenoxy) is 1. The Morgan fingerprint density at radius 1 is 1.26 bits per heavy atom. The molecule has 6 heteroatoms. The summed E-state index contributed by atoms with van der Waals surface area (Å²) < 4.78 is 7.43. The second-order valence-corrected chi connectivity index (χ2v) is 5.50. The van der Waals surface area contributed by atoms with Crippen molar-refractivity contribution in [2.24, 2.45) is 0 Å². The molecule has 1 aromatic carbocycles. The molecule has 6 nitrogen and oxygen atoms in total. The third-order valence-electron chi connectivity index (χ3n) is 4.06. The molecule has 0 aliphatic heterocycles. The number of aromatic amines is 1. The van der Waals surface area contributed by atoms with Crippen LogP contribution in [-0.4, -0.2) is 31.5 Å². The van der Waals surface area contributed by atoms with Gasteiger partial charge in [-0.25, -0.2) is 9.67 Å². The van der Waals surface area contributed by atoms with Crippen molar-refractivity contribution in [1.82, 2.24) is 19.7 Å². The number of imidazole rings is 1. The van der Waals surface area contributed by atoms with Crippen molar-refractivity contribution in [2.45, 2.75) is 39.7 Å². The predicted octanol–water partition coefficient (Wildman–Crippen LogP) is 3.89. The molecule has 0 bridgehead atoms. The van der Waals surface area contributed by atoms with E-state index in [-0.39, 0.29) is 5.75 Å². The van der Waals surface area contributed by atoms with E-state index in [1.54, 1.807) is 12.1 Å². The number of phenols is 1. The Kier molecular flexibility index (Phi) is 4.23. The van der Waals surface area contributed by atoms with Gasteiger partial charge < -0.3 is 14.8 Å². The normalized spacial score (nSPS) is 11.5. The number of phenolic OH excluding ortho intramolecular Hbond substituents is 1. The van der Waals surface area contributed by atoms with Crippen LogP contribution in [0.3, 0.4) is 0 Å². The minimum atomic E-state index is 0.134. The van der Waals surface area contributed by atoms with E-state index >= 15 is 0 Å². The molecule has 122 valence electrons. The Morgan fingerprint density at radius 3 is 2.74 bits per heavy atom. The largest absolute Gasteiger partial charge is 0.504 e. The molecule has 0 spiro atoms. The monoisotopic (exact) mass is 314 g/mol. The molecule has 2 N–H and O–H groups in total. The fourth-order valence-corrected chi connectivity index (χ4v) is 2.79. The molecule has 0 saturated carbocycles. The fraction of sp³-hybridized carbons (Fsp3) is 0.412. The number of hydrogen-bond acceptors (Lipinski definition) is 4. The topological polar surface area (TPSA) is 76.0 Å². The first-order chi connectivity index (χ1) is 11.2. The molecule has 0 aliphatic carbocycles. The average Bonchev–Trinajstić information content (AvgIpc) is 3.13. The highest BCUT2D eigenvalue weighted by molar-refractivity contribution is 5.76. The van der Waals surface area contributed by atoms with Crippen molar-refractivity contribution in [3.63, 3.8) is 0 Å². The van der Waals surface area contributed by atoms with Crippen LogP contribution in [0.1, 0.15) is 39.7 Å². The first kappa shape index (κ1) is 15.4. The van der Waals surface area contributed by atoms with E-state index in [9.17, 15) is 5.11 Å². The van der Waals surface area contributed by atoms with Gasteiger partial charge in [-0.05, 0) is 38.0 Å². The quantitative estimate of drug-likeness (QED) is 0.723. The van der Waals surface area contributed by atoms with E-state index in [4.69, 9.17) is 9.72 Å². The summed E-state index contributed by atoms with van der Waals surface area (Å²) in [6.07, 6.45) is 3.85. The van der Waals surface area contributed by atoms with E-state index in [2.05, 4.69) is 23.9 Å². The summed E-state index contributed by atoms with van der Waals surface area (Å²) in [5.41, 5.74) is 2.65. The van der Waals surface area contributed by atoms with Crippen LogP contribution in [0.4, 0.5) is 0 Å². The fourth-order valence-electron chi connectivity index (χ4n) is 2.79. The van der Waals surface area contributed by atoms with Crippen LogP contribution >= 0.6 is 0 Å². The molecule has 3 aromatic rings. The second-order valence-electron chi connectivity index (χ2n) is 5.50. The molecule has 0 aliphatic rings. The molecule has 23 heavy (non-hydrogen) atoms. The third-order valence-corrected chi connectivity index (χ3v) is 4.06. The van der Waals surface area contributed by atoms with Gasteiger partial charge in [0, 0.05) is 5.56 Å². The van der Waals surface area contributed by atoms with Crippen molar-refractivity contribution < 1.29 is 9.84 Å². The molecule has 0 saturated heterocycles. The van der Waals surface area contributed by atoms with Crippen LogP contribution in [-0.2, 0) is 0 Å². The summed E-state index contributed by atoms with van der Waals surface area (Å²) in [6.45, 7) is 6.70. The Morgan fingerprint density at radius 2 is 2.04 bits per heavy atom. The summed E-state index contributed by atoms with van der Waals surface area (Å²) in [5, 5.41) is 14.3. The average molecular weight is 314 g/mol. The van der Waals surface area contributed by atoms with Gasteiger partial charge in [0.25, 0.3) is 0 Å². The highest BCUT2D eigenvalue weighted by atomic mass is 16.5. The molecular formula is C17H22N4O2. The second kappa shape index (κ2) is 6.32. The molecule has 3 rings (SSSR count). The Balaban J connectivity index is 2.02. The number of fused-ring (bicyclic) bond motifs is 1. The van der Waals surface area contributed by atoms with Crippen molar-refractivity contribution in [3.05, 3.63) is 24.4 Å². The molecule has 2 aromatic heterocycles. The number of hydrogen-bond donors (Lipinski definition) is 2. The van der Waals surface area contributed by atoms with Crippen LogP contribution in [0, 0.1) is 0 Å². The minimum Gasteiger partial charge on any atom is -0.504 e. The number of aromatic nitrogens is 4. The molecule has 2 heterocycles. The van der Waals surface area contributed by atoms with Crippen molar-refractivity contribution >= 4 is 11.2 Å². The number of rotatable bonds is 6. The summed E-state index contributed by atoms with van der Waals surface area (Å²) in [7, 11) is 0. The molecule has 0 amide bonds. The highest BCUT2D eigenvalue weighted by Crippen LogP contribution is 2.32. The first-order valence-electron chi connectivity index (χ1n) is 8.07. The summed E-state index contributed by atoms with van der Waals surface area (Å²) in [6, 6.07) is 5.60. The lowest BCUT2D eigenvalue weighted by atomic mass is 10.2. The number of benzene rings is 1. The standard InChI is InChI=1S/C17H22N4O2/c1-4-12(5-2)21-17-13(10-18-21)19-16(20-17)11-7-8-14(22)15(9-11)23-6-3/h7-10,12,22H,4-6H2,1-3H3,(H,19,20). The van der Waals surface area contributed by atoms with Crippen molar-refractivity contribution in [2.75, 3.05) is 6.61 Å². The SMILES string of the molecule is CCOc1cc(-c2nc3c(cnn3C(CC)CC)[nH]2)ccc1O. The van der Waals surface area contributed by atoms with E-state index in [0.29, 0.717) is 18.4 Å². The van der Waals surface area contributed by atoms with Crippen LogP contribution in [0.15, 0.2) is 24.4 Å². The highest BCUT2D eigenvalue weighted by Gasteiger charge is 2.16. The van der Waals surface area contributed by atoms with Gasteiger partial charge in [0.2, 0.25) is 0 Å². The zero-order valence-electron chi connectivity index (χ0n) is 13.7. The van der Waals surface area contributed by atoms with E-state index < -0.39 is 0 Å². The van der Waals surface area contributed by atoms with Gasteiger partial charge in [0.15, 0.2) is 17.1 Å². The zero-order valence-corrected chi connectivity index (χ0v) is 13.7. The molecule has 0 fully saturated rings. The Labute approximate surface area is 135 Å². The summed E-state index contributed by atoms with van der Waals surface area (Å²) in [5.74, 6) is 1.35. The van der Waals surface area contributed by atoms with Gasteiger partial charge in [0.1, 0.15) is 11.3 Å². The third kappa shape index (κ3) is 2.76. The summed E-state index contributed by atoms with van der Waals surface area (Å²) in [4.78, 5) is 7.99. The zero-order chi connectivity index (χ0) is 16.4. The van der Waals surface area contributed by atoms with Crippen LogP contribution in [0.2, 0.25) is 0 Å². The lowest BCUT2D eigenvalue weighted by Gasteiger charge is -2.12. The minimum absolute atomic E-state index is 0.134. The van der Waals surface area contributed by atoms with Gasteiger partial charge in [-0.2, -0.15) is 5.10 Å². The van der Waals surface area contributed by atoms with Gasteiger partial charge in [-0.15, -0.1) is 0 Å². The number of nitrogens with one attached hydrogen (secondary N) is 1. The predicted molar refractivity (Wildman–Crippen MR) is 89.8 cm³/mol. The van der Waals surface area contributed by atoms with Gasteiger partial charge in [0.05, 0.1) is 18.8 Å². The van der Waals surface area contributed by atoms with Crippen LogP contribution in [0.5, 0.6) is 11.5 Å². The number of H-pyrrole nitrogens is 1. The van der Waals surface area contributed by atoms with Crippen molar-refractivity contribution in [3.8, 4) is 22.9 Å². The van der Waals surface area contributed by atoms with Crippen molar-refractivity contribution in [1.29, 1.82) is 0 Å². The number of aromatic hydroxyl groups is 1.